The molecule has 5 rings (SSSR count). The summed E-state index contributed by atoms with van der Waals surface area (Å²) in [6.07, 6.45) is 3.55. The summed E-state index contributed by atoms with van der Waals surface area (Å²) in [6, 6.07) is 13.5. The summed E-state index contributed by atoms with van der Waals surface area (Å²) in [6.45, 7) is 4.12. The molecule has 0 saturated carbocycles. The van der Waals surface area contributed by atoms with Crippen LogP contribution in [0.15, 0.2) is 48.7 Å². The first-order chi connectivity index (χ1) is 16.9. The number of ether oxygens (including phenoxy) is 1. The molecule has 1 aliphatic heterocycles. The monoisotopic (exact) mass is 504 g/mol. The Morgan fingerprint density at radius 3 is 2.54 bits per heavy atom. The first-order valence-corrected chi connectivity index (χ1v) is 12.9. The van der Waals surface area contributed by atoms with Gasteiger partial charge >= 0.3 is 6.03 Å². The molecular formula is C26H24N4O3S2. The van der Waals surface area contributed by atoms with Crippen LogP contribution in [0, 0.1) is 6.92 Å². The van der Waals surface area contributed by atoms with Crippen LogP contribution >= 0.6 is 22.7 Å². The van der Waals surface area contributed by atoms with E-state index in [-0.39, 0.29) is 11.8 Å². The lowest BCUT2D eigenvalue weighted by atomic mass is 10.00. The third-order valence-electron chi connectivity index (χ3n) is 5.84. The zero-order valence-corrected chi connectivity index (χ0v) is 21.3. The number of nitrogens with one attached hydrogen (secondary N) is 1. The molecule has 0 spiro atoms. The number of urea groups is 1. The minimum Gasteiger partial charge on any atom is -0.497 e. The van der Waals surface area contributed by atoms with Crippen LogP contribution in [-0.4, -0.2) is 35.4 Å². The molecule has 0 atom stereocenters. The molecule has 9 heteroatoms. The summed E-state index contributed by atoms with van der Waals surface area (Å²) < 4.78 is 5.26. The van der Waals surface area contributed by atoms with Crippen LogP contribution in [0.25, 0.3) is 21.0 Å². The van der Waals surface area contributed by atoms with Crippen molar-refractivity contribution in [3.63, 3.8) is 0 Å². The van der Waals surface area contributed by atoms with Crippen molar-refractivity contribution >= 4 is 45.3 Å². The molecule has 0 radical (unpaired) electrons. The lowest BCUT2D eigenvalue weighted by molar-refractivity contribution is 0.101. The standard InChI is InChI=1S/C26H24N4O3S2/c1-15-14-27-25(34-15)29-26(32)30-12-4-5-17-6-7-19(13-21(17)30)24-28-22(16(2)31)23(35-24)18-8-10-20(33-3)11-9-18/h6-11,13-14H,4-5,12H2,1-3H3,(H,27,29,32). The zero-order valence-electron chi connectivity index (χ0n) is 19.6. The molecule has 2 aromatic carbocycles. The molecule has 0 fully saturated rings. The number of aryl methyl sites for hydroxylation is 2. The Morgan fingerprint density at radius 1 is 1.09 bits per heavy atom. The number of carbonyl (C=O) groups is 2. The highest BCUT2D eigenvalue weighted by Gasteiger charge is 2.25. The number of nitrogens with zero attached hydrogens (tertiary/aromatic N) is 3. The Morgan fingerprint density at radius 2 is 1.86 bits per heavy atom. The predicted octanol–water partition coefficient (Wildman–Crippen LogP) is 6.44. The Bertz CT molecular complexity index is 1410. The van der Waals surface area contributed by atoms with Crippen molar-refractivity contribution in [3.05, 3.63) is 64.8 Å². The fourth-order valence-electron chi connectivity index (χ4n) is 4.11. The summed E-state index contributed by atoms with van der Waals surface area (Å²) in [4.78, 5) is 38.1. The highest BCUT2D eigenvalue weighted by molar-refractivity contribution is 7.18. The summed E-state index contributed by atoms with van der Waals surface area (Å²) in [5, 5.41) is 4.25. The van der Waals surface area contributed by atoms with Crippen molar-refractivity contribution in [2.24, 2.45) is 0 Å². The van der Waals surface area contributed by atoms with Crippen molar-refractivity contribution < 1.29 is 14.3 Å². The number of amides is 2. The molecule has 0 saturated heterocycles. The Kier molecular flexibility index (Phi) is 6.36. The van der Waals surface area contributed by atoms with Crippen molar-refractivity contribution in [1.82, 2.24) is 9.97 Å². The van der Waals surface area contributed by atoms with E-state index in [4.69, 9.17) is 9.72 Å². The maximum absolute atomic E-state index is 13.1. The number of carbonyl (C=O) groups excluding carboxylic acids is 2. The Hall–Kier alpha value is -3.56. The van der Waals surface area contributed by atoms with Gasteiger partial charge in [-0.1, -0.05) is 12.1 Å². The van der Waals surface area contributed by atoms with E-state index in [0.29, 0.717) is 17.4 Å². The predicted molar refractivity (Wildman–Crippen MR) is 141 cm³/mol. The van der Waals surface area contributed by atoms with Crippen molar-refractivity contribution in [3.8, 4) is 26.8 Å². The number of methoxy groups -OCH3 is 1. The van der Waals surface area contributed by atoms with Crippen LogP contribution in [0.4, 0.5) is 15.6 Å². The van der Waals surface area contributed by atoms with E-state index in [2.05, 4.69) is 16.4 Å². The third-order valence-corrected chi connectivity index (χ3v) is 7.83. The molecule has 7 nitrogen and oxygen atoms in total. The molecular weight excluding hydrogens is 480 g/mol. The van der Waals surface area contributed by atoms with Gasteiger partial charge in [0, 0.05) is 35.8 Å². The van der Waals surface area contributed by atoms with Crippen molar-refractivity contribution in [2.45, 2.75) is 26.7 Å². The molecule has 2 aromatic heterocycles. The van der Waals surface area contributed by atoms with Gasteiger partial charge in [0.25, 0.3) is 0 Å². The molecule has 178 valence electrons. The summed E-state index contributed by atoms with van der Waals surface area (Å²) in [7, 11) is 1.62. The van der Waals surface area contributed by atoms with Gasteiger partial charge in [-0.25, -0.2) is 14.8 Å². The fourth-order valence-corrected chi connectivity index (χ4v) is 5.88. The van der Waals surface area contributed by atoms with E-state index in [0.717, 1.165) is 55.7 Å². The molecule has 1 aliphatic rings. The van der Waals surface area contributed by atoms with E-state index in [1.54, 1.807) is 18.2 Å². The molecule has 0 aliphatic carbocycles. The SMILES string of the molecule is COc1ccc(-c2sc(-c3ccc4c(c3)N(C(=O)Nc3ncc(C)s3)CCC4)nc2C(C)=O)cc1. The van der Waals surface area contributed by atoms with Crippen LogP contribution in [-0.2, 0) is 6.42 Å². The lowest BCUT2D eigenvalue weighted by Crippen LogP contribution is -2.38. The van der Waals surface area contributed by atoms with E-state index >= 15 is 0 Å². The van der Waals surface area contributed by atoms with Gasteiger partial charge in [-0.05, 0) is 61.2 Å². The number of thiazole rings is 2. The van der Waals surface area contributed by atoms with Gasteiger partial charge < -0.3 is 4.74 Å². The minimum absolute atomic E-state index is 0.0870. The van der Waals surface area contributed by atoms with E-state index in [1.807, 2.05) is 43.3 Å². The van der Waals surface area contributed by atoms with Crippen molar-refractivity contribution in [2.75, 3.05) is 23.9 Å². The number of fused-ring (bicyclic) bond motifs is 1. The molecule has 2 amide bonds. The summed E-state index contributed by atoms with van der Waals surface area (Å²) >= 11 is 2.92. The maximum Gasteiger partial charge on any atom is 0.328 e. The van der Waals surface area contributed by atoms with Crippen LogP contribution in [0.3, 0.4) is 0 Å². The van der Waals surface area contributed by atoms with Gasteiger partial charge in [-0.3, -0.25) is 15.0 Å². The maximum atomic E-state index is 13.1. The van der Waals surface area contributed by atoms with E-state index in [1.165, 1.54) is 29.6 Å². The minimum atomic E-state index is -0.195. The molecule has 35 heavy (non-hydrogen) atoms. The van der Waals surface area contributed by atoms with Crippen LogP contribution in [0.2, 0.25) is 0 Å². The molecule has 1 N–H and O–H groups in total. The number of rotatable bonds is 5. The average Bonchev–Trinajstić information content (AvgIpc) is 3.50. The first kappa shape index (κ1) is 23.2. The number of Topliss-reactive ketones (excluding diaryl/α,β-unsaturated/α-hetero) is 1. The van der Waals surface area contributed by atoms with Gasteiger partial charge in [0.1, 0.15) is 16.5 Å². The van der Waals surface area contributed by atoms with Gasteiger partial charge in [0.05, 0.1) is 12.0 Å². The largest absolute Gasteiger partial charge is 0.497 e. The fraction of sp³-hybridized carbons (Fsp3) is 0.231. The Balaban J connectivity index is 1.50. The molecule has 0 unspecified atom stereocenters. The summed E-state index contributed by atoms with van der Waals surface area (Å²) in [5.41, 5.74) is 4.22. The quantitative estimate of drug-likeness (QED) is 0.316. The second-order valence-corrected chi connectivity index (χ2v) is 10.5. The van der Waals surface area contributed by atoms with Gasteiger partial charge in [0.15, 0.2) is 10.9 Å². The van der Waals surface area contributed by atoms with Crippen LogP contribution < -0.4 is 15.0 Å². The first-order valence-electron chi connectivity index (χ1n) is 11.2. The number of ketones is 1. The number of benzene rings is 2. The van der Waals surface area contributed by atoms with E-state index < -0.39 is 0 Å². The van der Waals surface area contributed by atoms with Crippen LogP contribution in [0.5, 0.6) is 5.75 Å². The lowest BCUT2D eigenvalue weighted by Gasteiger charge is -2.29. The van der Waals surface area contributed by atoms with Gasteiger partial charge in [-0.2, -0.15) is 0 Å². The number of hydrogen-bond donors (Lipinski definition) is 1. The van der Waals surface area contributed by atoms with Crippen LogP contribution in [0.1, 0.15) is 34.3 Å². The molecule has 3 heterocycles. The second kappa shape index (κ2) is 9.59. The van der Waals surface area contributed by atoms with Gasteiger partial charge in [0.2, 0.25) is 0 Å². The van der Waals surface area contributed by atoms with Crippen molar-refractivity contribution in [1.29, 1.82) is 0 Å². The number of hydrogen-bond acceptors (Lipinski definition) is 7. The van der Waals surface area contributed by atoms with Gasteiger partial charge in [-0.15, -0.1) is 22.7 Å². The summed E-state index contributed by atoms with van der Waals surface area (Å²) in [5.74, 6) is 0.667. The average molecular weight is 505 g/mol. The topological polar surface area (TPSA) is 84.4 Å². The number of anilines is 2. The molecule has 0 bridgehead atoms. The Labute approximate surface area is 211 Å². The third kappa shape index (κ3) is 4.69. The normalized spacial score (nSPS) is 12.8. The zero-order chi connectivity index (χ0) is 24.5. The number of aromatic nitrogens is 2. The van der Waals surface area contributed by atoms with E-state index in [9.17, 15) is 9.59 Å². The second-order valence-electron chi connectivity index (χ2n) is 8.29. The highest BCUT2D eigenvalue weighted by atomic mass is 32.1. The highest BCUT2D eigenvalue weighted by Crippen LogP contribution is 2.39. The smallest absolute Gasteiger partial charge is 0.328 e. The molecule has 4 aromatic rings.